The summed E-state index contributed by atoms with van der Waals surface area (Å²) in [6.45, 7) is 4.23. The fourth-order valence-electron chi connectivity index (χ4n) is 3.48. The smallest absolute Gasteiger partial charge is 0.167 e. The van der Waals surface area contributed by atoms with Gasteiger partial charge in [-0.2, -0.15) is 0 Å². The predicted molar refractivity (Wildman–Crippen MR) is 117 cm³/mol. The Morgan fingerprint density at radius 3 is 2.34 bits per heavy atom. The molecule has 4 rings (SSSR count). The zero-order chi connectivity index (χ0) is 20.5. The molecule has 29 heavy (non-hydrogen) atoms. The maximum atomic E-state index is 5.68. The molecule has 0 fully saturated rings. The third-order valence-corrected chi connectivity index (χ3v) is 5.37. The normalized spacial score (nSPS) is 10.9. The Kier molecular flexibility index (Phi) is 4.89. The second-order valence-electron chi connectivity index (χ2n) is 7.08. The summed E-state index contributed by atoms with van der Waals surface area (Å²) in [4.78, 5) is 2.11. The van der Waals surface area contributed by atoms with Crippen molar-refractivity contribution in [3.8, 4) is 22.8 Å². The van der Waals surface area contributed by atoms with E-state index in [0.717, 1.165) is 39.4 Å². The van der Waals surface area contributed by atoms with Gasteiger partial charge in [-0.1, -0.05) is 23.4 Å². The number of benzene rings is 3. The number of fused-ring (bicyclic) bond motifs is 1. The number of ether oxygens (including phenoxy) is 2. The summed E-state index contributed by atoms with van der Waals surface area (Å²) in [6.07, 6.45) is 0. The Bertz CT molecular complexity index is 1180. The van der Waals surface area contributed by atoms with Crippen LogP contribution < -0.4 is 14.4 Å². The lowest BCUT2D eigenvalue weighted by Gasteiger charge is -2.24. The quantitative estimate of drug-likeness (QED) is 0.426. The minimum Gasteiger partial charge on any atom is -0.496 e. The summed E-state index contributed by atoms with van der Waals surface area (Å²) in [5.41, 5.74) is 6.83. The molecule has 5 nitrogen and oxygen atoms in total. The first-order valence-corrected chi connectivity index (χ1v) is 9.45. The highest BCUT2D eigenvalue weighted by Gasteiger charge is 2.20. The molecule has 0 amide bonds. The van der Waals surface area contributed by atoms with E-state index in [1.165, 1.54) is 11.1 Å². The van der Waals surface area contributed by atoms with Crippen molar-refractivity contribution in [1.82, 2.24) is 5.16 Å². The minimum atomic E-state index is 0.679. The number of hydrogen-bond donors (Lipinski definition) is 0. The lowest BCUT2D eigenvalue weighted by molar-refractivity contribution is 0.395. The van der Waals surface area contributed by atoms with Gasteiger partial charge in [0.2, 0.25) is 0 Å². The van der Waals surface area contributed by atoms with Crippen LogP contribution in [0, 0.1) is 13.8 Å². The van der Waals surface area contributed by atoms with E-state index < -0.39 is 0 Å². The molecule has 0 N–H and O–H groups in total. The summed E-state index contributed by atoms with van der Waals surface area (Å²) in [7, 11) is 5.34. The number of anilines is 2. The van der Waals surface area contributed by atoms with E-state index in [1.807, 2.05) is 43.4 Å². The van der Waals surface area contributed by atoms with Crippen LogP contribution in [0.2, 0.25) is 0 Å². The van der Waals surface area contributed by atoms with Crippen LogP contribution in [-0.4, -0.2) is 26.4 Å². The zero-order valence-corrected chi connectivity index (χ0v) is 17.3. The first kappa shape index (κ1) is 18.9. The molecule has 0 saturated carbocycles. The summed E-state index contributed by atoms with van der Waals surface area (Å²) in [6, 6.07) is 18.2. The second kappa shape index (κ2) is 7.51. The van der Waals surface area contributed by atoms with Gasteiger partial charge in [-0.25, -0.2) is 0 Å². The van der Waals surface area contributed by atoms with Crippen molar-refractivity contribution < 1.29 is 14.0 Å². The Morgan fingerprint density at radius 2 is 1.62 bits per heavy atom. The van der Waals surface area contributed by atoms with Crippen LogP contribution in [0.4, 0.5) is 11.4 Å². The average molecular weight is 388 g/mol. The molecule has 5 heteroatoms. The largest absolute Gasteiger partial charge is 0.496 e. The number of para-hydroxylation sites is 1. The molecule has 0 saturated heterocycles. The molecular formula is C24H24N2O3. The summed E-state index contributed by atoms with van der Waals surface area (Å²) in [5.74, 6) is 1.40. The molecule has 0 aliphatic carbocycles. The fraction of sp³-hybridized carbons (Fsp3) is 0.208. The van der Waals surface area contributed by atoms with Crippen LogP contribution in [0.25, 0.3) is 22.2 Å². The van der Waals surface area contributed by atoms with Crippen LogP contribution >= 0.6 is 0 Å². The molecule has 148 valence electrons. The van der Waals surface area contributed by atoms with Crippen molar-refractivity contribution >= 4 is 22.3 Å². The van der Waals surface area contributed by atoms with Crippen LogP contribution in [0.3, 0.4) is 0 Å². The monoisotopic (exact) mass is 388 g/mol. The molecule has 0 aliphatic rings. The van der Waals surface area contributed by atoms with E-state index in [1.54, 1.807) is 14.2 Å². The lowest BCUT2D eigenvalue weighted by Crippen LogP contribution is -2.11. The number of aryl methyl sites for hydroxylation is 2. The number of aromatic nitrogens is 1. The van der Waals surface area contributed by atoms with E-state index in [2.05, 4.69) is 42.1 Å². The molecule has 1 aromatic heterocycles. The third-order valence-electron chi connectivity index (χ3n) is 5.37. The van der Waals surface area contributed by atoms with Crippen molar-refractivity contribution in [1.29, 1.82) is 0 Å². The summed E-state index contributed by atoms with van der Waals surface area (Å²) in [5, 5.41) is 5.25. The van der Waals surface area contributed by atoms with Gasteiger partial charge >= 0.3 is 0 Å². The standard InChI is InChI=1S/C24H24N2O3/c1-15-10-11-17(12-16(15)2)26(3)20-13-19(22(27-4)14-23(20)28-5)24-18-8-6-7-9-21(18)29-25-24/h6-14H,1-5H3. The average Bonchev–Trinajstić information content (AvgIpc) is 3.18. The van der Waals surface area contributed by atoms with Crippen molar-refractivity contribution in [3.05, 3.63) is 65.7 Å². The Balaban J connectivity index is 1.90. The summed E-state index contributed by atoms with van der Waals surface area (Å²) >= 11 is 0. The molecular weight excluding hydrogens is 364 g/mol. The third kappa shape index (κ3) is 3.29. The Labute approximate surface area is 170 Å². The molecule has 3 aromatic carbocycles. The van der Waals surface area contributed by atoms with Crippen LogP contribution in [0.1, 0.15) is 11.1 Å². The van der Waals surface area contributed by atoms with Crippen LogP contribution in [0.15, 0.2) is 59.1 Å². The molecule has 0 atom stereocenters. The van der Waals surface area contributed by atoms with Gasteiger partial charge < -0.3 is 18.9 Å². The topological polar surface area (TPSA) is 47.7 Å². The van der Waals surface area contributed by atoms with Crippen molar-refractivity contribution in [2.24, 2.45) is 0 Å². The van der Waals surface area contributed by atoms with E-state index in [4.69, 9.17) is 14.0 Å². The molecule has 0 radical (unpaired) electrons. The summed E-state index contributed by atoms with van der Waals surface area (Å²) < 4.78 is 16.9. The number of hydrogen-bond acceptors (Lipinski definition) is 5. The fourth-order valence-corrected chi connectivity index (χ4v) is 3.48. The van der Waals surface area contributed by atoms with Gasteiger partial charge in [-0.15, -0.1) is 0 Å². The highest BCUT2D eigenvalue weighted by molar-refractivity contribution is 5.94. The zero-order valence-electron chi connectivity index (χ0n) is 17.3. The Hall–Kier alpha value is -3.47. The van der Waals surface area contributed by atoms with Gasteiger partial charge in [-0.05, 0) is 55.3 Å². The highest BCUT2D eigenvalue weighted by Crippen LogP contribution is 2.43. The maximum Gasteiger partial charge on any atom is 0.167 e. The van der Waals surface area contributed by atoms with Crippen LogP contribution in [0.5, 0.6) is 11.5 Å². The van der Waals surface area contributed by atoms with Crippen molar-refractivity contribution in [2.45, 2.75) is 13.8 Å². The molecule has 4 aromatic rings. The molecule has 1 heterocycles. The predicted octanol–water partition coefficient (Wildman–Crippen LogP) is 5.90. The SMILES string of the molecule is COc1cc(OC)c(N(C)c2ccc(C)c(C)c2)cc1-c1noc2ccccc12. The van der Waals surface area contributed by atoms with E-state index >= 15 is 0 Å². The molecule has 0 aliphatic heterocycles. The van der Waals surface area contributed by atoms with Gasteiger partial charge in [0, 0.05) is 29.8 Å². The van der Waals surface area contributed by atoms with Gasteiger partial charge in [0.05, 0.1) is 19.9 Å². The lowest BCUT2D eigenvalue weighted by atomic mass is 10.0. The van der Waals surface area contributed by atoms with E-state index in [0.29, 0.717) is 5.75 Å². The highest BCUT2D eigenvalue weighted by atomic mass is 16.5. The van der Waals surface area contributed by atoms with Gasteiger partial charge in [0.25, 0.3) is 0 Å². The van der Waals surface area contributed by atoms with E-state index in [9.17, 15) is 0 Å². The maximum absolute atomic E-state index is 5.68. The molecule has 0 unspecified atom stereocenters. The first-order valence-electron chi connectivity index (χ1n) is 9.45. The number of nitrogens with zero attached hydrogens (tertiary/aromatic N) is 2. The Morgan fingerprint density at radius 1 is 0.862 bits per heavy atom. The molecule has 0 spiro atoms. The molecule has 0 bridgehead atoms. The second-order valence-corrected chi connectivity index (χ2v) is 7.08. The number of rotatable bonds is 5. The number of methoxy groups -OCH3 is 2. The first-order chi connectivity index (χ1) is 14.0. The van der Waals surface area contributed by atoms with Gasteiger partial charge in [0.15, 0.2) is 5.58 Å². The van der Waals surface area contributed by atoms with Crippen molar-refractivity contribution in [3.63, 3.8) is 0 Å². The van der Waals surface area contributed by atoms with Crippen molar-refractivity contribution in [2.75, 3.05) is 26.2 Å². The van der Waals surface area contributed by atoms with Gasteiger partial charge in [0.1, 0.15) is 17.2 Å². The van der Waals surface area contributed by atoms with Crippen LogP contribution in [-0.2, 0) is 0 Å². The minimum absolute atomic E-state index is 0.679. The van der Waals surface area contributed by atoms with E-state index in [-0.39, 0.29) is 0 Å². The van der Waals surface area contributed by atoms with Gasteiger partial charge in [-0.3, -0.25) is 0 Å².